The molecule has 5 nitrogen and oxygen atoms in total. The number of nitrogens with one attached hydrogen (secondary N) is 1. The van der Waals surface area contributed by atoms with Gasteiger partial charge in [0.15, 0.2) is 0 Å². The number of anilines is 2. The highest BCUT2D eigenvalue weighted by Crippen LogP contribution is 2.51. The van der Waals surface area contributed by atoms with Crippen molar-refractivity contribution in [3.8, 4) is 0 Å². The van der Waals surface area contributed by atoms with Crippen LogP contribution in [0.2, 0.25) is 0 Å². The van der Waals surface area contributed by atoms with Crippen LogP contribution in [0.25, 0.3) is 10.8 Å². The van der Waals surface area contributed by atoms with Crippen LogP contribution >= 0.6 is 0 Å². The molecule has 0 aromatic heterocycles. The van der Waals surface area contributed by atoms with E-state index >= 15 is 0 Å². The zero-order valence-electron chi connectivity index (χ0n) is 22.1. The number of halogens is 1. The summed E-state index contributed by atoms with van der Waals surface area (Å²) in [6.07, 6.45) is 4.84. The van der Waals surface area contributed by atoms with E-state index < -0.39 is 0 Å². The summed E-state index contributed by atoms with van der Waals surface area (Å²) in [4.78, 5) is 21.0. The van der Waals surface area contributed by atoms with Crippen molar-refractivity contribution < 1.29 is 9.18 Å². The largest absolute Gasteiger partial charge is 0.367 e. The third-order valence-electron chi connectivity index (χ3n) is 8.71. The maximum atomic E-state index is 14.8. The van der Waals surface area contributed by atoms with E-state index in [1.807, 2.05) is 30.3 Å². The molecule has 0 radical (unpaired) electrons. The molecular formula is C33H31FN4O. The van der Waals surface area contributed by atoms with E-state index in [9.17, 15) is 9.18 Å². The second-order valence-electron chi connectivity index (χ2n) is 10.9. The highest BCUT2D eigenvalue weighted by atomic mass is 19.1. The third kappa shape index (κ3) is 4.10. The number of amides is 1. The van der Waals surface area contributed by atoms with Gasteiger partial charge in [0.2, 0.25) is 0 Å². The molecule has 2 aliphatic heterocycles. The number of nitrogens with zero attached hydrogens (tertiary/aromatic N) is 3. The molecule has 1 N–H and O–H groups in total. The van der Waals surface area contributed by atoms with E-state index in [2.05, 4.69) is 56.5 Å². The molecule has 196 valence electrons. The van der Waals surface area contributed by atoms with Crippen molar-refractivity contribution in [3.05, 3.63) is 106 Å². The summed E-state index contributed by atoms with van der Waals surface area (Å²) in [7, 11) is 1.70. The van der Waals surface area contributed by atoms with Crippen LogP contribution in [0.15, 0.2) is 77.8 Å². The van der Waals surface area contributed by atoms with E-state index in [4.69, 9.17) is 0 Å². The molecule has 2 heterocycles. The van der Waals surface area contributed by atoms with E-state index in [1.165, 1.54) is 29.5 Å². The smallest absolute Gasteiger partial charge is 0.256 e. The normalized spacial score (nSPS) is 18.2. The van der Waals surface area contributed by atoms with Gasteiger partial charge in [-0.2, -0.15) is 0 Å². The number of aliphatic imine (C=N–C) groups is 1. The van der Waals surface area contributed by atoms with Gasteiger partial charge in [0.1, 0.15) is 5.82 Å². The van der Waals surface area contributed by atoms with Crippen molar-refractivity contribution in [3.63, 3.8) is 0 Å². The lowest BCUT2D eigenvalue weighted by Gasteiger charge is -2.41. The fourth-order valence-corrected chi connectivity index (χ4v) is 6.55. The lowest BCUT2D eigenvalue weighted by molar-refractivity contribution is 0.103. The van der Waals surface area contributed by atoms with Crippen LogP contribution in [0.3, 0.4) is 0 Å². The van der Waals surface area contributed by atoms with Crippen molar-refractivity contribution in [1.82, 2.24) is 4.90 Å². The van der Waals surface area contributed by atoms with E-state index in [0.717, 1.165) is 60.2 Å². The predicted octanol–water partition coefficient (Wildman–Crippen LogP) is 6.00. The van der Waals surface area contributed by atoms with Gasteiger partial charge in [0.25, 0.3) is 5.91 Å². The number of benzene rings is 4. The number of hydrogen-bond donors (Lipinski definition) is 1. The summed E-state index contributed by atoms with van der Waals surface area (Å²) in [5.74, 6) is -0.196. The van der Waals surface area contributed by atoms with Gasteiger partial charge in [0, 0.05) is 61.6 Å². The molecule has 7 rings (SSSR count). The molecule has 1 saturated heterocycles. The zero-order valence-corrected chi connectivity index (χ0v) is 22.1. The van der Waals surface area contributed by atoms with E-state index in [1.54, 1.807) is 19.3 Å². The topological polar surface area (TPSA) is 47.9 Å². The third-order valence-corrected chi connectivity index (χ3v) is 8.71. The zero-order chi connectivity index (χ0) is 26.6. The van der Waals surface area contributed by atoms with Crippen LogP contribution in [0, 0.1) is 5.82 Å². The monoisotopic (exact) mass is 518 g/mol. The van der Waals surface area contributed by atoms with E-state index in [-0.39, 0.29) is 17.3 Å². The Morgan fingerprint density at radius 3 is 2.49 bits per heavy atom. The first-order valence-electron chi connectivity index (χ1n) is 13.7. The Labute approximate surface area is 228 Å². The first kappa shape index (κ1) is 24.0. The molecular weight excluding hydrogens is 487 g/mol. The van der Waals surface area contributed by atoms with Crippen LogP contribution in [0.1, 0.15) is 45.5 Å². The molecule has 0 spiro atoms. The molecule has 0 unspecified atom stereocenters. The minimum atomic E-state index is -0.180. The second kappa shape index (κ2) is 9.31. The SMILES string of the molecule is C/N=C/c1ccc(N2CCN(C3(c4ccc(Cc5ccc6c7c(cccc57)C(=O)N6)cc4)CC3)CC2)c(F)c1. The fraction of sp³-hybridized carbons (Fsp3) is 0.273. The summed E-state index contributed by atoms with van der Waals surface area (Å²) in [5.41, 5.74) is 7.14. The molecule has 2 fully saturated rings. The lowest BCUT2D eigenvalue weighted by atomic mass is 9.94. The highest BCUT2D eigenvalue weighted by molar-refractivity contribution is 6.24. The van der Waals surface area contributed by atoms with Crippen LogP contribution in [-0.4, -0.2) is 50.2 Å². The van der Waals surface area contributed by atoms with Gasteiger partial charge < -0.3 is 10.2 Å². The van der Waals surface area contributed by atoms with Gasteiger partial charge in [-0.05, 0) is 71.2 Å². The molecule has 4 aromatic rings. The van der Waals surface area contributed by atoms with Crippen molar-refractivity contribution >= 4 is 34.3 Å². The van der Waals surface area contributed by atoms with Crippen molar-refractivity contribution in [2.45, 2.75) is 24.8 Å². The number of carbonyl (C=O) groups is 1. The Balaban J connectivity index is 1.05. The Morgan fingerprint density at radius 1 is 0.974 bits per heavy atom. The summed E-state index contributed by atoms with van der Waals surface area (Å²) in [6.45, 7) is 3.49. The minimum Gasteiger partial charge on any atom is -0.367 e. The van der Waals surface area contributed by atoms with Crippen LogP contribution in [0.5, 0.6) is 0 Å². The van der Waals surface area contributed by atoms with Gasteiger partial charge in [-0.3, -0.25) is 14.7 Å². The van der Waals surface area contributed by atoms with Gasteiger partial charge >= 0.3 is 0 Å². The van der Waals surface area contributed by atoms with Crippen molar-refractivity contribution in [2.24, 2.45) is 4.99 Å². The van der Waals surface area contributed by atoms with Crippen molar-refractivity contribution in [1.29, 1.82) is 0 Å². The lowest BCUT2D eigenvalue weighted by Crippen LogP contribution is -2.50. The molecule has 39 heavy (non-hydrogen) atoms. The van der Waals surface area contributed by atoms with Gasteiger partial charge in [0.05, 0.1) is 5.69 Å². The summed E-state index contributed by atoms with van der Waals surface area (Å²) in [6, 6.07) is 24.6. The summed E-state index contributed by atoms with van der Waals surface area (Å²) >= 11 is 0. The Morgan fingerprint density at radius 2 is 1.77 bits per heavy atom. The first-order valence-corrected chi connectivity index (χ1v) is 13.7. The molecule has 0 bridgehead atoms. The van der Waals surface area contributed by atoms with Gasteiger partial charge in [-0.15, -0.1) is 0 Å². The maximum Gasteiger partial charge on any atom is 0.256 e. The molecule has 0 atom stereocenters. The molecule has 1 saturated carbocycles. The van der Waals surface area contributed by atoms with E-state index in [0.29, 0.717) is 5.69 Å². The summed E-state index contributed by atoms with van der Waals surface area (Å²) < 4.78 is 14.8. The second-order valence-corrected chi connectivity index (χ2v) is 10.9. The minimum absolute atomic E-state index is 0.0161. The standard InChI is InChI=1S/C33H31FN4O/c1-35-21-23-7-12-30(28(34)20-23)37-15-17-38(18-16-37)33(13-14-33)25-9-5-22(6-10-25)19-24-8-11-29-31-26(24)3-2-4-27(31)32(39)36-29/h2-12,20-21H,13-19H2,1H3,(H,36,39)/b35-21+. The molecule has 1 aliphatic carbocycles. The maximum absolute atomic E-state index is 14.8. The number of rotatable bonds is 6. The fourth-order valence-electron chi connectivity index (χ4n) is 6.55. The number of piperazine rings is 1. The molecule has 6 heteroatoms. The summed E-state index contributed by atoms with van der Waals surface area (Å²) in [5, 5.41) is 5.16. The average molecular weight is 519 g/mol. The van der Waals surface area contributed by atoms with Gasteiger partial charge in [-0.25, -0.2) is 4.39 Å². The molecule has 1 amide bonds. The van der Waals surface area contributed by atoms with Crippen LogP contribution in [0.4, 0.5) is 15.8 Å². The van der Waals surface area contributed by atoms with Crippen LogP contribution < -0.4 is 10.2 Å². The average Bonchev–Trinajstić information content (AvgIpc) is 3.70. The van der Waals surface area contributed by atoms with Gasteiger partial charge in [-0.1, -0.05) is 48.5 Å². The predicted molar refractivity (Wildman–Crippen MR) is 156 cm³/mol. The van der Waals surface area contributed by atoms with Crippen molar-refractivity contribution in [2.75, 3.05) is 43.4 Å². The van der Waals surface area contributed by atoms with Crippen LogP contribution in [-0.2, 0) is 12.0 Å². The quantitative estimate of drug-likeness (QED) is 0.319. The Bertz CT molecular complexity index is 1620. The first-order chi connectivity index (χ1) is 19.1. The number of carbonyl (C=O) groups excluding carboxylic acids is 1. The molecule has 3 aliphatic rings. The molecule has 4 aromatic carbocycles. The Hall–Kier alpha value is -4.03. The number of hydrogen-bond acceptors (Lipinski definition) is 4. The highest BCUT2D eigenvalue weighted by Gasteiger charge is 2.49. The Kier molecular flexibility index (Phi) is 5.74.